The molecule has 7 heteroatoms. The van der Waals surface area contributed by atoms with Crippen LogP contribution in [0.1, 0.15) is 38.7 Å². The predicted molar refractivity (Wildman–Crippen MR) is 109 cm³/mol. The third-order valence-electron chi connectivity index (χ3n) is 5.55. The van der Waals surface area contributed by atoms with Crippen LogP contribution in [-0.2, 0) is 16.1 Å². The summed E-state index contributed by atoms with van der Waals surface area (Å²) in [5, 5.41) is 3.68. The first-order valence-corrected chi connectivity index (χ1v) is 10.6. The van der Waals surface area contributed by atoms with Crippen LogP contribution in [0, 0.1) is 5.92 Å². The molecule has 6 nitrogen and oxygen atoms in total. The Bertz CT molecular complexity index is 712. The first-order chi connectivity index (χ1) is 13.5. The summed E-state index contributed by atoms with van der Waals surface area (Å²) in [5.41, 5.74) is 1.10. The van der Waals surface area contributed by atoms with E-state index in [-0.39, 0.29) is 23.8 Å². The second-order valence-electron chi connectivity index (χ2n) is 7.69. The minimum absolute atomic E-state index is 0.0388. The first kappa shape index (κ1) is 20.9. The lowest BCUT2D eigenvalue weighted by Crippen LogP contribution is -2.36. The molecular weight excluding hydrogens is 378 g/mol. The van der Waals surface area contributed by atoms with Crippen LogP contribution in [0.5, 0.6) is 5.75 Å². The van der Waals surface area contributed by atoms with Crippen LogP contribution < -0.4 is 10.1 Å². The number of hydrogen-bond donors (Lipinski definition) is 1. The lowest BCUT2D eigenvalue weighted by Gasteiger charge is -2.23. The Hall–Kier alpha value is -1.79. The number of hydrogen-bond acceptors (Lipinski definition) is 4. The van der Waals surface area contributed by atoms with Crippen LogP contribution in [-0.4, -0.2) is 60.4 Å². The van der Waals surface area contributed by atoms with Crippen molar-refractivity contribution in [2.24, 2.45) is 5.92 Å². The van der Waals surface area contributed by atoms with Gasteiger partial charge in [-0.25, -0.2) is 0 Å². The smallest absolute Gasteiger partial charge is 0.222 e. The highest BCUT2D eigenvalue weighted by Gasteiger charge is 2.28. The molecule has 0 saturated carbocycles. The maximum atomic E-state index is 12.3. The molecule has 0 bridgehead atoms. The summed E-state index contributed by atoms with van der Waals surface area (Å²) in [6, 6.07) is 5.75. The van der Waals surface area contributed by atoms with Crippen molar-refractivity contribution in [1.29, 1.82) is 0 Å². The van der Waals surface area contributed by atoms with Crippen molar-refractivity contribution in [3.05, 3.63) is 28.8 Å². The van der Waals surface area contributed by atoms with Gasteiger partial charge in [-0.2, -0.15) is 0 Å². The van der Waals surface area contributed by atoms with E-state index in [1.165, 1.54) is 0 Å². The molecule has 2 heterocycles. The Morgan fingerprint density at radius 1 is 1.32 bits per heavy atom. The van der Waals surface area contributed by atoms with E-state index in [0.717, 1.165) is 43.9 Å². The van der Waals surface area contributed by atoms with Gasteiger partial charge in [0.05, 0.1) is 0 Å². The van der Waals surface area contributed by atoms with Gasteiger partial charge >= 0.3 is 0 Å². The number of carbonyl (C=O) groups is 2. The van der Waals surface area contributed by atoms with Crippen molar-refractivity contribution in [3.63, 3.8) is 0 Å². The lowest BCUT2D eigenvalue weighted by atomic mass is 10.1. The molecule has 0 aliphatic carbocycles. The number of ether oxygens (including phenoxy) is 1. The Kier molecular flexibility index (Phi) is 7.18. The van der Waals surface area contributed by atoms with E-state index in [1.807, 2.05) is 30.0 Å². The third kappa shape index (κ3) is 5.39. The summed E-state index contributed by atoms with van der Waals surface area (Å²) in [4.78, 5) is 28.2. The van der Waals surface area contributed by atoms with E-state index < -0.39 is 0 Å². The first-order valence-electron chi connectivity index (χ1n) is 10.2. The molecule has 3 rings (SSSR count). The molecule has 1 saturated heterocycles. The highest BCUT2D eigenvalue weighted by Crippen LogP contribution is 2.29. The van der Waals surface area contributed by atoms with Gasteiger partial charge < -0.3 is 15.0 Å². The fraction of sp³-hybridized carbons (Fsp3) is 0.619. The molecule has 2 amide bonds. The molecule has 1 fully saturated rings. The van der Waals surface area contributed by atoms with Gasteiger partial charge in [0.1, 0.15) is 11.9 Å². The van der Waals surface area contributed by atoms with Gasteiger partial charge in [0.25, 0.3) is 0 Å². The second-order valence-corrected chi connectivity index (χ2v) is 8.13. The van der Waals surface area contributed by atoms with E-state index in [2.05, 4.69) is 17.1 Å². The number of amides is 2. The van der Waals surface area contributed by atoms with Gasteiger partial charge in [-0.05, 0) is 25.5 Å². The van der Waals surface area contributed by atoms with Crippen LogP contribution in [0.25, 0.3) is 0 Å². The summed E-state index contributed by atoms with van der Waals surface area (Å²) < 4.78 is 6.11. The molecule has 2 unspecified atom stereocenters. The molecule has 0 spiro atoms. The third-order valence-corrected chi connectivity index (χ3v) is 5.79. The molecule has 2 aliphatic rings. The number of carbonyl (C=O) groups excluding carboxylic acids is 2. The van der Waals surface area contributed by atoms with Crippen molar-refractivity contribution >= 4 is 23.4 Å². The van der Waals surface area contributed by atoms with Crippen LogP contribution >= 0.6 is 11.6 Å². The molecule has 1 aromatic carbocycles. The lowest BCUT2D eigenvalue weighted by molar-refractivity contribution is -0.127. The van der Waals surface area contributed by atoms with Gasteiger partial charge in [-0.15, -0.1) is 0 Å². The van der Waals surface area contributed by atoms with Crippen molar-refractivity contribution in [2.45, 2.75) is 45.8 Å². The maximum Gasteiger partial charge on any atom is 0.222 e. The van der Waals surface area contributed by atoms with Crippen molar-refractivity contribution in [1.82, 2.24) is 15.1 Å². The largest absolute Gasteiger partial charge is 0.489 e. The zero-order chi connectivity index (χ0) is 20.1. The Morgan fingerprint density at radius 2 is 2.14 bits per heavy atom. The van der Waals surface area contributed by atoms with Crippen LogP contribution in [0.4, 0.5) is 0 Å². The number of rotatable bonds is 7. The zero-order valence-electron chi connectivity index (χ0n) is 16.7. The summed E-state index contributed by atoms with van der Waals surface area (Å²) in [5.74, 6) is 1.30. The highest BCUT2D eigenvalue weighted by atomic mass is 35.5. The van der Waals surface area contributed by atoms with Crippen LogP contribution in [0.3, 0.4) is 0 Å². The predicted octanol–water partition coefficient (Wildman–Crippen LogP) is 2.69. The molecule has 0 radical (unpaired) electrons. The minimum Gasteiger partial charge on any atom is -0.489 e. The molecule has 2 aliphatic heterocycles. The maximum absolute atomic E-state index is 12.3. The molecule has 2 atom stereocenters. The minimum atomic E-state index is 0.0388. The fourth-order valence-electron chi connectivity index (χ4n) is 3.86. The quantitative estimate of drug-likeness (QED) is 0.754. The molecule has 1 N–H and O–H groups in total. The van der Waals surface area contributed by atoms with Crippen LogP contribution in [0.2, 0.25) is 5.02 Å². The molecular formula is C21H30ClN3O3. The van der Waals surface area contributed by atoms with E-state index >= 15 is 0 Å². The van der Waals surface area contributed by atoms with Crippen LogP contribution in [0.15, 0.2) is 18.2 Å². The normalized spacial score (nSPS) is 22.5. The van der Waals surface area contributed by atoms with Crippen molar-refractivity contribution < 1.29 is 14.3 Å². The average molecular weight is 408 g/mol. The summed E-state index contributed by atoms with van der Waals surface area (Å²) >= 11 is 6.11. The van der Waals surface area contributed by atoms with E-state index in [9.17, 15) is 9.59 Å². The number of likely N-dealkylation sites (tertiary alicyclic amines) is 1. The SMILES string of the molecule is CCC1CN(CCC(=O)NCC2CC(=O)N(CC)C2)Cc2ccc(Cl)cc2O1. The molecule has 154 valence electrons. The van der Waals surface area contributed by atoms with E-state index in [0.29, 0.717) is 31.0 Å². The van der Waals surface area contributed by atoms with E-state index in [1.54, 1.807) is 0 Å². The monoisotopic (exact) mass is 407 g/mol. The fourth-order valence-corrected chi connectivity index (χ4v) is 4.03. The Labute approximate surface area is 172 Å². The number of nitrogens with zero attached hydrogens (tertiary/aromatic N) is 2. The van der Waals surface area contributed by atoms with E-state index in [4.69, 9.17) is 16.3 Å². The highest BCUT2D eigenvalue weighted by molar-refractivity contribution is 6.30. The topological polar surface area (TPSA) is 61.9 Å². The number of benzene rings is 1. The van der Waals surface area contributed by atoms with Gasteiger partial charge in [0.15, 0.2) is 0 Å². The van der Waals surface area contributed by atoms with Gasteiger partial charge in [-0.1, -0.05) is 24.6 Å². The standard InChI is InChI=1S/C21H30ClN3O3/c1-3-18-14-24(13-16-5-6-17(22)10-19(16)28-18)8-7-20(26)23-11-15-9-21(27)25(4-2)12-15/h5-6,10,15,18H,3-4,7-9,11-14H2,1-2H3,(H,23,26). The Balaban J connectivity index is 1.48. The molecule has 0 aromatic heterocycles. The second kappa shape index (κ2) is 9.61. The number of halogens is 1. The molecule has 28 heavy (non-hydrogen) atoms. The summed E-state index contributed by atoms with van der Waals surface area (Å²) in [6.45, 7) is 8.37. The van der Waals surface area contributed by atoms with Crippen molar-refractivity contribution in [3.8, 4) is 5.75 Å². The average Bonchev–Trinajstić information content (AvgIpc) is 2.94. The summed E-state index contributed by atoms with van der Waals surface area (Å²) in [7, 11) is 0. The van der Waals surface area contributed by atoms with Crippen molar-refractivity contribution in [2.75, 3.05) is 32.7 Å². The molecule has 1 aromatic rings. The Morgan fingerprint density at radius 3 is 2.86 bits per heavy atom. The van der Waals surface area contributed by atoms with Gasteiger partial charge in [-0.3, -0.25) is 14.5 Å². The zero-order valence-corrected chi connectivity index (χ0v) is 17.5. The number of nitrogens with one attached hydrogen (secondary N) is 1. The van der Waals surface area contributed by atoms with Gasteiger partial charge in [0.2, 0.25) is 11.8 Å². The van der Waals surface area contributed by atoms with Gasteiger partial charge in [0, 0.05) is 68.6 Å². The number of fused-ring (bicyclic) bond motifs is 1. The summed E-state index contributed by atoms with van der Waals surface area (Å²) in [6.07, 6.45) is 1.97.